The van der Waals surface area contributed by atoms with E-state index in [1.54, 1.807) is 5.48 Å². The van der Waals surface area contributed by atoms with Gasteiger partial charge in [-0.2, -0.15) is 0 Å². The Labute approximate surface area is 153 Å². The number of hydroxylamine groups is 1. The van der Waals surface area contributed by atoms with E-state index in [0.717, 1.165) is 25.7 Å². The van der Waals surface area contributed by atoms with E-state index in [1.807, 2.05) is 6.92 Å². The summed E-state index contributed by atoms with van der Waals surface area (Å²) < 4.78 is 5.48. The molecule has 0 aromatic heterocycles. The smallest absolute Gasteiger partial charge is 0.243 e. The van der Waals surface area contributed by atoms with Crippen LogP contribution in [0.2, 0.25) is 0 Å². The van der Waals surface area contributed by atoms with E-state index in [4.69, 9.17) is 15.1 Å². The van der Waals surface area contributed by atoms with Crippen LogP contribution in [0.25, 0.3) is 0 Å². The molecular weight excluding hydrogens is 322 g/mol. The molecule has 0 bridgehead atoms. The van der Waals surface area contributed by atoms with E-state index in [1.165, 1.54) is 38.5 Å². The van der Waals surface area contributed by atoms with E-state index in [0.29, 0.717) is 13.0 Å². The average Bonchev–Trinajstić information content (AvgIpc) is 2.64. The Bertz CT molecular complexity index is 277. The molecule has 0 aliphatic carbocycles. The van der Waals surface area contributed by atoms with Gasteiger partial charge in [0.1, 0.15) is 6.10 Å². The molecule has 25 heavy (non-hydrogen) atoms. The Hall–Kier alpha value is -0.690. The van der Waals surface area contributed by atoms with E-state index >= 15 is 0 Å². The maximum absolute atomic E-state index is 10.5. The third kappa shape index (κ3) is 19.5. The highest BCUT2D eigenvalue weighted by Gasteiger charge is 2.16. The SMILES string of the molecule is CCCCCCCC(=O)NO.CCCCCCOC(CC)C(O)CO. The van der Waals surface area contributed by atoms with Gasteiger partial charge in [-0.15, -0.1) is 0 Å². The molecule has 0 aliphatic rings. The summed E-state index contributed by atoms with van der Waals surface area (Å²) in [5, 5.41) is 26.2. The first kappa shape index (κ1) is 26.5. The number of hydrogen-bond acceptors (Lipinski definition) is 5. The molecule has 0 spiro atoms. The summed E-state index contributed by atoms with van der Waals surface area (Å²) >= 11 is 0. The van der Waals surface area contributed by atoms with Crippen molar-refractivity contribution in [1.29, 1.82) is 0 Å². The highest BCUT2D eigenvalue weighted by molar-refractivity contribution is 5.74. The molecule has 0 rings (SSSR count). The number of carbonyl (C=O) groups excluding carboxylic acids is 1. The fourth-order valence-corrected chi connectivity index (χ4v) is 2.33. The molecule has 0 aromatic rings. The molecule has 0 radical (unpaired) electrons. The van der Waals surface area contributed by atoms with E-state index in [9.17, 15) is 9.90 Å². The third-order valence-electron chi connectivity index (χ3n) is 3.98. The molecule has 6 heteroatoms. The zero-order valence-electron chi connectivity index (χ0n) is 16.5. The van der Waals surface area contributed by atoms with Crippen molar-refractivity contribution in [2.24, 2.45) is 0 Å². The summed E-state index contributed by atoms with van der Waals surface area (Å²) in [7, 11) is 0. The van der Waals surface area contributed by atoms with Crippen LogP contribution < -0.4 is 5.48 Å². The number of aliphatic hydroxyl groups is 2. The average molecular weight is 364 g/mol. The monoisotopic (exact) mass is 363 g/mol. The molecule has 2 atom stereocenters. The number of unbranched alkanes of at least 4 members (excludes halogenated alkanes) is 7. The molecule has 6 nitrogen and oxygen atoms in total. The molecule has 0 fully saturated rings. The Morgan fingerprint density at radius 2 is 1.52 bits per heavy atom. The van der Waals surface area contributed by atoms with Crippen LogP contribution in [0.5, 0.6) is 0 Å². The lowest BCUT2D eigenvalue weighted by molar-refractivity contribution is -0.129. The van der Waals surface area contributed by atoms with E-state index < -0.39 is 6.10 Å². The van der Waals surface area contributed by atoms with Gasteiger partial charge in [0.2, 0.25) is 5.91 Å². The summed E-state index contributed by atoms with van der Waals surface area (Å²) in [5.41, 5.74) is 1.62. The van der Waals surface area contributed by atoms with Gasteiger partial charge in [-0.05, 0) is 19.3 Å². The fraction of sp³-hybridized carbons (Fsp3) is 0.947. The van der Waals surface area contributed by atoms with Crippen molar-refractivity contribution in [1.82, 2.24) is 5.48 Å². The quantitative estimate of drug-likeness (QED) is 0.202. The molecule has 0 saturated carbocycles. The largest absolute Gasteiger partial charge is 0.394 e. The first-order chi connectivity index (χ1) is 12.1. The predicted octanol–water partition coefficient (Wildman–Crippen LogP) is 3.57. The number of nitrogens with one attached hydrogen (secondary N) is 1. The van der Waals surface area contributed by atoms with Gasteiger partial charge in [-0.3, -0.25) is 10.0 Å². The third-order valence-corrected chi connectivity index (χ3v) is 3.98. The minimum atomic E-state index is -0.730. The number of hydrogen-bond donors (Lipinski definition) is 4. The number of aliphatic hydroxyl groups excluding tert-OH is 2. The molecular formula is C19H41NO5. The van der Waals surface area contributed by atoms with Crippen LogP contribution >= 0.6 is 0 Å². The highest BCUT2D eigenvalue weighted by atomic mass is 16.5. The van der Waals surface area contributed by atoms with Crippen molar-refractivity contribution in [3.63, 3.8) is 0 Å². The van der Waals surface area contributed by atoms with Gasteiger partial charge in [0.25, 0.3) is 0 Å². The Morgan fingerprint density at radius 1 is 0.960 bits per heavy atom. The molecule has 0 heterocycles. The first-order valence-corrected chi connectivity index (χ1v) is 9.90. The van der Waals surface area contributed by atoms with Crippen LogP contribution in [0, 0.1) is 0 Å². The second-order valence-electron chi connectivity index (χ2n) is 6.33. The summed E-state index contributed by atoms with van der Waals surface area (Å²) in [5.74, 6) is -0.276. The number of rotatable bonds is 15. The van der Waals surface area contributed by atoms with Crippen molar-refractivity contribution >= 4 is 5.91 Å². The fourth-order valence-electron chi connectivity index (χ4n) is 2.33. The van der Waals surface area contributed by atoms with Gasteiger partial charge in [-0.25, -0.2) is 5.48 Å². The van der Waals surface area contributed by atoms with Gasteiger partial charge in [0, 0.05) is 13.0 Å². The van der Waals surface area contributed by atoms with Crippen molar-refractivity contribution in [3.05, 3.63) is 0 Å². The van der Waals surface area contributed by atoms with Crippen molar-refractivity contribution in [2.45, 2.75) is 104 Å². The van der Waals surface area contributed by atoms with Crippen LogP contribution in [-0.2, 0) is 9.53 Å². The lowest BCUT2D eigenvalue weighted by Crippen LogP contribution is -2.31. The number of amides is 1. The number of ether oxygens (including phenoxy) is 1. The maximum Gasteiger partial charge on any atom is 0.243 e. The highest BCUT2D eigenvalue weighted by Crippen LogP contribution is 2.07. The standard InChI is InChI=1S/C11H24O3.C8H17NO2/c1-3-5-6-7-8-14-11(4-2)10(13)9-12;1-2-3-4-5-6-7-8(10)9-11/h10-13H,3-9H2,1-2H3;11H,2-7H2,1H3,(H,9,10). The summed E-state index contributed by atoms with van der Waals surface area (Å²) in [6.45, 7) is 6.75. The van der Waals surface area contributed by atoms with E-state index in [2.05, 4.69) is 13.8 Å². The molecule has 0 aliphatic heterocycles. The molecule has 1 amide bonds. The van der Waals surface area contributed by atoms with Crippen molar-refractivity contribution in [3.8, 4) is 0 Å². The van der Waals surface area contributed by atoms with E-state index in [-0.39, 0.29) is 18.6 Å². The number of carbonyl (C=O) groups is 1. The zero-order chi connectivity index (χ0) is 19.3. The predicted molar refractivity (Wildman–Crippen MR) is 101 cm³/mol. The molecule has 2 unspecified atom stereocenters. The normalized spacial score (nSPS) is 12.9. The molecule has 0 aromatic carbocycles. The molecule has 4 N–H and O–H groups in total. The Morgan fingerprint density at radius 3 is 2.00 bits per heavy atom. The topological polar surface area (TPSA) is 99.0 Å². The molecule has 152 valence electrons. The van der Waals surface area contributed by atoms with Crippen LogP contribution in [0.15, 0.2) is 0 Å². The molecule has 0 saturated heterocycles. The van der Waals surface area contributed by atoms with Gasteiger partial charge in [-0.1, -0.05) is 65.7 Å². The van der Waals surface area contributed by atoms with Gasteiger partial charge < -0.3 is 14.9 Å². The lowest BCUT2D eigenvalue weighted by Gasteiger charge is -2.20. The van der Waals surface area contributed by atoms with Crippen molar-refractivity contribution in [2.75, 3.05) is 13.2 Å². The maximum atomic E-state index is 10.5. The minimum absolute atomic E-state index is 0.207. The summed E-state index contributed by atoms with van der Waals surface area (Å²) in [4.78, 5) is 10.5. The summed E-state index contributed by atoms with van der Waals surface area (Å²) in [6.07, 6.45) is 10.5. The second-order valence-corrected chi connectivity index (χ2v) is 6.33. The van der Waals surface area contributed by atoms with Crippen LogP contribution in [-0.4, -0.2) is 46.7 Å². The van der Waals surface area contributed by atoms with Gasteiger partial charge in [0.05, 0.1) is 12.7 Å². The Kier molecular flexibility index (Phi) is 22.7. The second kappa shape index (κ2) is 21.4. The van der Waals surface area contributed by atoms with Gasteiger partial charge >= 0.3 is 0 Å². The van der Waals surface area contributed by atoms with Gasteiger partial charge in [0.15, 0.2) is 0 Å². The van der Waals surface area contributed by atoms with Crippen molar-refractivity contribution < 1.29 is 25.0 Å². The Balaban J connectivity index is 0. The van der Waals surface area contributed by atoms with Crippen LogP contribution in [0.1, 0.15) is 91.4 Å². The zero-order valence-corrected chi connectivity index (χ0v) is 16.5. The first-order valence-electron chi connectivity index (χ1n) is 9.90. The van der Waals surface area contributed by atoms with Crippen LogP contribution in [0.4, 0.5) is 0 Å². The minimum Gasteiger partial charge on any atom is -0.394 e. The van der Waals surface area contributed by atoms with Crippen LogP contribution in [0.3, 0.4) is 0 Å². The summed E-state index contributed by atoms with van der Waals surface area (Å²) in [6, 6.07) is 0. The lowest BCUT2D eigenvalue weighted by atomic mass is 10.1.